The van der Waals surface area contributed by atoms with Crippen LogP contribution >= 0.6 is 27.7 Å². The number of carbonyl (C=O) groups excluding carboxylic acids is 1. The largest absolute Gasteiger partial charge is 0.481 e. The second-order valence-corrected chi connectivity index (χ2v) is 6.51. The highest BCUT2D eigenvalue weighted by atomic mass is 79.9. The summed E-state index contributed by atoms with van der Waals surface area (Å²) < 4.78 is 14.4. The first kappa shape index (κ1) is 15.3. The second kappa shape index (κ2) is 6.58. The van der Waals surface area contributed by atoms with E-state index in [1.165, 1.54) is 23.1 Å². The van der Waals surface area contributed by atoms with Crippen molar-refractivity contribution < 1.29 is 19.1 Å². The van der Waals surface area contributed by atoms with Crippen LogP contribution in [0.3, 0.4) is 0 Å². The zero-order valence-corrected chi connectivity index (χ0v) is 12.9. The summed E-state index contributed by atoms with van der Waals surface area (Å²) in [5, 5.41) is 8.91. The van der Waals surface area contributed by atoms with Gasteiger partial charge in [0.2, 0.25) is 0 Å². The molecule has 7 heteroatoms. The van der Waals surface area contributed by atoms with Crippen LogP contribution in [0.4, 0.5) is 4.39 Å². The Bertz CT molecular complexity index is 540. The van der Waals surface area contributed by atoms with Crippen LogP contribution in [0, 0.1) is 5.82 Å². The van der Waals surface area contributed by atoms with E-state index in [0.717, 1.165) is 5.75 Å². The number of rotatable bonds is 3. The maximum Gasteiger partial charge on any atom is 0.305 e. The minimum absolute atomic E-state index is 0.0262. The van der Waals surface area contributed by atoms with Crippen LogP contribution in [0.15, 0.2) is 22.7 Å². The van der Waals surface area contributed by atoms with E-state index in [1.54, 1.807) is 11.8 Å². The van der Waals surface area contributed by atoms with Crippen molar-refractivity contribution in [2.45, 2.75) is 12.5 Å². The lowest BCUT2D eigenvalue weighted by molar-refractivity contribution is -0.138. The summed E-state index contributed by atoms with van der Waals surface area (Å²) in [5.74, 6) is -0.698. The fourth-order valence-electron chi connectivity index (χ4n) is 2.11. The molecular weight excluding hydrogens is 349 g/mol. The zero-order chi connectivity index (χ0) is 14.7. The first-order valence-electron chi connectivity index (χ1n) is 6.04. The molecule has 1 amide bonds. The minimum atomic E-state index is -0.954. The Morgan fingerprint density at radius 2 is 2.25 bits per heavy atom. The van der Waals surface area contributed by atoms with Crippen molar-refractivity contribution in [3.05, 3.63) is 34.1 Å². The first-order valence-corrected chi connectivity index (χ1v) is 7.99. The average Bonchev–Trinajstić information content (AvgIpc) is 2.41. The average molecular weight is 362 g/mol. The summed E-state index contributed by atoms with van der Waals surface area (Å²) in [5.41, 5.74) is -0.0262. The Hall–Kier alpha value is -1.08. The van der Waals surface area contributed by atoms with Gasteiger partial charge in [-0.25, -0.2) is 4.39 Å². The van der Waals surface area contributed by atoms with Crippen molar-refractivity contribution in [3.8, 4) is 0 Å². The van der Waals surface area contributed by atoms with Crippen LogP contribution in [0.25, 0.3) is 0 Å². The molecule has 1 aromatic rings. The summed E-state index contributed by atoms with van der Waals surface area (Å²) in [6.07, 6.45) is -0.117. The summed E-state index contributed by atoms with van der Waals surface area (Å²) >= 11 is 4.82. The van der Waals surface area contributed by atoms with Crippen LogP contribution in [-0.2, 0) is 4.79 Å². The molecule has 1 unspecified atom stereocenters. The summed E-state index contributed by atoms with van der Waals surface area (Å²) in [4.78, 5) is 24.8. The van der Waals surface area contributed by atoms with Gasteiger partial charge in [0.25, 0.3) is 5.91 Å². The molecule has 108 valence electrons. The third kappa shape index (κ3) is 3.52. The number of halogens is 2. The van der Waals surface area contributed by atoms with Gasteiger partial charge in [0.05, 0.1) is 18.0 Å². The van der Waals surface area contributed by atoms with Crippen molar-refractivity contribution >= 4 is 39.6 Å². The Kier molecular flexibility index (Phi) is 5.04. The second-order valence-electron chi connectivity index (χ2n) is 4.45. The van der Waals surface area contributed by atoms with Crippen LogP contribution in [0.1, 0.15) is 16.8 Å². The van der Waals surface area contributed by atoms with Gasteiger partial charge in [-0.3, -0.25) is 9.59 Å². The highest BCUT2D eigenvalue weighted by Gasteiger charge is 2.30. The van der Waals surface area contributed by atoms with Crippen LogP contribution in [-0.4, -0.2) is 46.0 Å². The number of carbonyl (C=O) groups is 2. The molecular formula is C13H13BrFNO3S. The van der Waals surface area contributed by atoms with Crippen LogP contribution in [0.2, 0.25) is 0 Å². The Morgan fingerprint density at radius 1 is 1.50 bits per heavy atom. The van der Waals surface area contributed by atoms with E-state index in [4.69, 9.17) is 5.11 Å². The van der Waals surface area contributed by atoms with E-state index in [-0.39, 0.29) is 12.0 Å². The molecule has 0 saturated carbocycles. The van der Waals surface area contributed by atoms with Crippen molar-refractivity contribution in [1.82, 2.24) is 4.90 Å². The topological polar surface area (TPSA) is 57.6 Å². The summed E-state index contributed by atoms with van der Waals surface area (Å²) in [6.45, 7) is 0.438. The summed E-state index contributed by atoms with van der Waals surface area (Å²) in [6, 6.07) is 3.78. The smallest absolute Gasteiger partial charge is 0.305 e. The van der Waals surface area contributed by atoms with E-state index in [0.29, 0.717) is 16.8 Å². The van der Waals surface area contributed by atoms with Crippen LogP contribution < -0.4 is 0 Å². The number of aliphatic carboxylic acids is 1. The lowest BCUT2D eigenvalue weighted by Gasteiger charge is -2.34. The molecule has 1 aliphatic heterocycles. The molecule has 1 saturated heterocycles. The van der Waals surface area contributed by atoms with Gasteiger partial charge in [0.15, 0.2) is 0 Å². The fraction of sp³-hybridized carbons (Fsp3) is 0.385. The molecule has 0 spiro atoms. The molecule has 1 heterocycles. The number of benzene rings is 1. The molecule has 0 radical (unpaired) electrons. The number of carboxylic acid groups (broad SMARTS) is 1. The van der Waals surface area contributed by atoms with Gasteiger partial charge < -0.3 is 10.0 Å². The lowest BCUT2D eigenvalue weighted by Crippen LogP contribution is -2.47. The van der Waals surface area contributed by atoms with Gasteiger partial charge in [0.1, 0.15) is 5.82 Å². The molecule has 2 rings (SSSR count). The van der Waals surface area contributed by atoms with Crippen molar-refractivity contribution in [2.24, 2.45) is 0 Å². The first-order chi connectivity index (χ1) is 9.49. The molecule has 4 nitrogen and oxygen atoms in total. The predicted octanol–water partition coefficient (Wildman–Crippen LogP) is 2.62. The molecule has 1 N–H and O–H groups in total. The van der Waals surface area contributed by atoms with E-state index < -0.39 is 23.7 Å². The highest BCUT2D eigenvalue weighted by molar-refractivity contribution is 9.10. The fourth-order valence-corrected chi connectivity index (χ4v) is 3.53. The van der Waals surface area contributed by atoms with E-state index in [1.807, 2.05) is 0 Å². The molecule has 0 aromatic heterocycles. The monoisotopic (exact) mass is 361 g/mol. The van der Waals surface area contributed by atoms with E-state index in [2.05, 4.69) is 15.9 Å². The Morgan fingerprint density at radius 3 is 2.95 bits per heavy atom. The normalized spacial score (nSPS) is 18.9. The molecule has 1 fully saturated rings. The van der Waals surface area contributed by atoms with Crippen molar-refractivity contribution in [1.29, 1.82) is 0 Å². The van der Waals surface area contributed by atoms with Gasteiger partial charge in [-0.1, -0.05) is 15.9 Å². The molecule has 0 aliphatic carbocycles. The van der Waals surface area contributed by atoms with E-state index >= 15 is 0 Å². The predicted molar refractivity (Wildman–Crippen MR) is 78.5 cm³/mol. The molecule has 1 aliphatic rings. The van der Waals surface area contributed by atoms with Gasteiger partial charge in [0, 0.05) is 22.5 Å². The standard InChI is InChI=1S/C13H13BrFNO3S/c14-8-1-2-11(15)10(5-8)13(19)16-3-4-20-7-9(16)6-12(17)18/h1-2,5,9H,3-4,6-7H2,(H,17,18). The lowest BCUT2D eigenvalue weighted by atomic mass is 10.1. The van der Waals surface area contributed by atoms with Gasteiger partial charge in [-0.15, -0.1) is 0 Å². The SMILES string of the molecule is O=C(O)CC1CSCCN1C(=O)c1cc(Br)ccc1F. The van der Waals surface area contributed by atoms with Crippen LogP contribution in [0.5, 0.6) is 0 Å². The number of hydrogen-bond acceptors (Lipinski definition) is 3. The van der Waals surface area contributed by atoms with E-state index in [9.17, 15) is 14.0 Å². The molecule has 0 bridgehead atoms. The third-order valence-electron chi connectivity index (χ3n) is 3.06. The number of thioether (sulfide) groups is 1. The summed E-state index contributed by atoms with van der Waals surface area (Å²) in [7, 11) is 0. The molecule has 1 atom stereocenters. The number of amides is 1. The van der Waals surface area contributed by atoms with Crippen molar-refractivity contribution in [3.63, 3.8) is 0 Å². The Labute approximate surface area is 128 Å². The quantitative estimate of drug-likeness (QED) is 0.898. The number of nitrogens with zero attached hydrogens (tertiary/aromatic N) is 1. The van der Waals surface area contributed by atoms with Gasteiger partial charge in [-0.2, -0.15) is 11.8 Å². The number of carboxylic acids is 1. The minimum Gasteiger partial charge on any atom is -0.481 e. The third-order valence-corrected chi connectivity index (χ3v) is 4.64. The maximum absolute atomic E-state index is 13.8. The zero-order valence-electron chi connectivity index (χ0n) is 10.5. The highest BCUT2D eigenvalue weighted by Crippen LogP contribution is 2.23. The number of hydrogen-bond donors (Lipinski definition) is 1. The molecule has 1 aromatic carbocycles. The van der Waals surface area contributed by atoms with Gasteiger partial charge >= 0.3 is 5.97 Å². The van der Waals surface area contributed by atoms with Crippen molar-refractivity contribution in [2.75, 3.05) is 18.1 Å². The van der Waals surface area contributed by atoms with Gasteiger partial charge in [-0.05, 0) is 18.2 Å². The maximum atomic E-state index is 13.8. The molecule has 20 heavy (non-hydrogen) atoms. The Balaban J connectivity index is 2.25.